The lowest BCUT2D eigenvalue weighted by atomic mass is 10.2. The summed E-state index contributed by atoms with van der Waals surface area (Å²) in [6.45, 7) is 3.64. The zero-order valence-corrected chi connectivity index (χ0v) is 8.53. The second kappa shape index (κ2) is 4.76. The Bertz CT molecular complexity index is 305. The van der Waals surface area contributed by atoms with Gasteiger partial charge in [0, 0.05) is 13.2 Å². The molecule has 0 aliphatic rings. The van der Waals surface area contributed by atoms with Crippen molar-refractivity contribution in [3.8, 4) is 0 Å². The molecule has 0 saturated heterocycles. The molecular weight excluding hydrogens is 184 g/mol. The van der Waals surface area contributed by atoms with Crippen molar-refractivity contribution in [1.29, 1.82) is 0 Å². The van der Waals surface area contributed by atoms with E-state index in [4.69, 9.17) is 9.26 Å². The van der Waals surface area contributed by atoms with Crippen LogP contribution in [-0.4, -0.2) is 24.3 Å². The van der Waals surface area contributed by atoms with E-state index in [9.17, 15) is 4.79 Å². The number of hydrogen-bond acceptors (Lipinski definition) is 4. The number of anilines is 1. The van der Waals surface area contributed by atoms with Gasteiger partial charge in [-0.1, -0.05) is 12.1 Å². The summed E-state index contributed by atoms with van der Waals surface area (Å²) < 4.78 is 9.78. The second-order valence-electron chi connectivity index (χ2n) is 2.94. The van der Waals surface area contributed by atoms with Gasteiger partial charge < -0.3 is 14.6 Å². The molecule has 5 heteroatoms. The predicted molar refractivity (Wildman–Crippen MR) is 51.0 cm³/mol. The maximum absolute atomic E-state index is 11.5. The fourth-order valence-electron chi connectivity index (χ4n) is 1.09. The summed E-state index contributed by atoms with van der Waals surface area (Å²) >= 11 is 0. The summed E-state index contributed by atoms with van der Waals surface area (Å²) in [5, 5.41) is 6.24. The number of aromatic nitrogens is 1. The quantitative estimate of drug-likeness (QED) is 0.793. The van der Waals surface area contributed by atoms with E-state index in [1.807, 2.05) is 6.92 Å². The lowest BCUT2D eigenvalue weighted by Gasteiger charge is -2.10. The number of methoxy groups -OCH3 is 1. The third-order valence-corrected chi connectivity index (χ3v) is 1.83. The van der Waals surface area contributed by atoms with Crippen LogP contribution >= 0.6 is 0 Å². The van der Waals surface area contributed by atoms with Crippen molar-refractivity contribution in [2.45, 2.75) is 26.4 Å². The van der Waals surface area contributed by atoms with Crippen LogP contribution in [-0.2, 0) is 9.53 Å². The summed E-state index contributed by atoms with van der Waals surface area (Å²) in [7, 11) is 1.50. The van der Waals surface area contributed by atoms with Crippen molar-refractivity contribution in [3.63, 3.8) is 0 Å². The highest BCUT2D eigenvalue weighted by atomic mass is 16.5. The Morgan fingerprint density at radius 1 is 1.79 bits per heavy atom. The third kappa shape index (κ3) is 2.56. The molecule has 0 aromatic carbocycles. The number of hydrogen-bond donors (Lipinski definition) is 1. The highest BCUT2D eigenvalue weighted by Gasteiger charge is 2.16. The lowest BCUT2D eigenvalue weighted by Crippen LogP contribution is -2.28. The first-order valence-electron chi connectivity index (χ1n) is 4.44. The van der Waals surface area contributed by atoms with Crippen LogP contribution in [0.1, 0.15) is 19.1 Å². The number of ether oxygens (including phenoxy) is 1. The summed E-state index contributed by atoms with van der Waals surface area (Å²) in [4.78, 5) is 11.5. The Labute approximate surface area is 82.4 Å². The molecular formula is C9H14N2O3. The number of nitrogens with zero attached hydrogens (tertiary/aromatic N) is 1. The number of nitrogens with one attached hydrogen (secondary N) is 1. The Balaban J connectivity index is 2.56. The molecule has 0 saturated carbocycles. The summed E-state index contributed by atoms with van der Waals surface area (Å²) in [5.74, 6) is 0.872. The van der Waals surface area contributed by atoms with Crippen LogP contribution in [0.5, 0.6) is 0 Å². The number of carbonyl (C=O) groups is 1. The molecule has 5 nitrogen and oxygen atoms in total. The molecule has 1 heterocycles. The molecule has 1 aromatic heterocycles. The van der Waals surface area contributed by atoms with Gasteiger partial charge in [0.2, 0.25) is 0 Å². The molecule has 0 fully saturated rings. The van der Waals surface area contributed by atoms with Gasteiger partial charge >= 0.3 is 0 Å². The van der Waals surface area contributed by atoms with Gasteiger partial charge in [-0.3, -0.25) is 4.79 Å². The van der Waals surface area contributed by atoms with Gasteiger partial charge in [0.05, 0.1) is 0 Å². The molecule has 1 atom stereocenters. The van der Waals surface area contributed by atoms with E-state index in [0.717, 1.165) is 0 Å². The minimum atomic E-state index is -0.438. The summed E-state index contributed by atoms with van der Waals surface area (Å²) in [6.07, 6.45) is 0.186. The molecule has 1 N–H and O–H groups in total. The topological polar surface area (TPSA) is 64.4 Å². The van der Waals surface area contributed by atoms with Gasteiger partial charge in [-0.25, -0.2) is 0 Å². The van der Waals surface area contributed by atoms with Crippen molar-refractivity contribution in [3.05, 3.63) is 11.8 Å². The average molecular weight is 198 g/mol. The van der Waals surface area contributed by atoms with Gasteiger partial charge in [0.1, 0.15) is 11.9 Å². The molecule has 0 spiro atoms. The Kier molecular flexibility index (Phi) is 3.64. The van der Waals surface area contributed by atoms with Gasteiger partial charge in [-0.15, -0.1) is 0 Å². The van der Waals surface area contributed by atoms with Crippen molar-refractivity contribution in [1.82, 2.24) is 5.16 Å². The van der Waals surface area contributed by atoms with Crippen LogP contribution < -0.4 is 5.32 Å². The largest absolute Gasteiger partial charge is 0.372 e. The van der Waals surface area contributed by atoms with E-state index >= 15 is 0 Å². The number of amides is 1. The first-order valence-corrected chi connectivity index (χ1v) is 4.44. The van der Waals surface area contributed by atoms with Gasteiger partial charge in [-0.2, -0.15) is 0 Å². The molecule has 0 radical (unpaired) electrons. The van der Waals surface area contributed by atoms with E-state index < -0.39 is 6.10 Å². The predicted octanol–water partition coefficient (Wildman–Crippen LogP) is 1.35. The summed E-state index contributed by atoms with van der Waals surface area (Å²) in [6, 6.07) is 1.65. The molecule has 0 aliphatic carbocycles. The van der Waals surface area contributed by atoms with Crippen LogP contribution in [0.3, 0.4) is 0 Å². The van der Waals surface area contributed by atoms with E-state index in [1.54, 1.807) is 13.0 Å². The van der Waals surface area contributed by atoms with E-state index in [1.165, 1.54) is 7.11 Å². The number of rotatable bonds is 4. The monoisotopic (exact) mass is 198 g/mol. The smallest absolute Gasteiger partial charge is 0.254 e. The van der Waals surface area contributed by atoms with E-state index in [-0.39, 0.29) is 5.91 Å². The minimum absolute atomic E-state index is 0.205. The molecule has 0 aliphatic heterocycles. The fraction of sp³-hybridized carbons (Fsp3) is 0.556. The molecule has 1 aromatic rings. The maximum Gasteiger partial charge on any atom is 0.254 e. The Morgan fingerprint density at radius 3 is 2.93 bits per heavy atom. The van der Waals surface area contributed by atoms with Gasteiger partial charge in [-0.05, 0) is 13.3 Å². The number of aryl methyl sites for hydroxylation is 1. The summed E-state index contributed by atoms with van der Waals surface area (Å²) in [5.41, 5.74) is 0. The van der Waals surface area contributed by atoms with Crippen LogP contribution in [0.4, 0.5) is 5.82 Å². The normalized spacial score (nSPS) is 12.5. The third-order valence-electron chi connectivity index (χ3n) is 1.83. The molecule has 1 unspecified atom stereocenters. The van der Waals surface area contributed by atoms with Crippen molar-refractivity contribution in [2.75, 3.05) is 12.4 Å². The molecule has 0 bridgehead atoms. The zero-order valence-electron chi connectivity index (χ0n) is 8.53. The Morgan fingerprint density at radius 2 is 2.50 bits per heavy atom. The highest BCUT2D eigenvalue weighted by molar-refractivity contribution is 5.93. The van der Waals surface area contributed by atoms with E-state index in [2.05, 4.69) is 10.5 Å². The zero-order chi connectivity index (χ0) is 10.6. The van der Waals surface area contributed by atoms with Crippen molar-refractivity contribution < 1.29 is 14.1 Å². The van der Waals surface area contributed by atoms with Crippen LogP contribution in [0.25, 0.3) is 0 Å². The average Bonchev–Trinajstić information content (AvgIpc) is 2.53. The number of carbonyl (C=O) groups excluding carboxylic acids is 1. The van der Waals surface area contributed by atoms with Gasteiger partial charge in [0.15, 0.2) is 5.82 Å². The van der Waals surface area contributed by atoms with Crippen molar-refractivity contribution >= 4 is 11.7 Å². The second-order valence-corrected chi connectivity index (χ2v) is 2.94. The molecule has 78 valence electrons. The SMILES string of the molecule is CCC(OC)C(=O)Nc1cc(C)on1. The lowest BCUT2D eigenvalue weighted by molar-refractivity contribution is -0.125. The van der Waals surface area contributed by atoms with E-state index in [0.29, 0.717) is 18.0 Å². The molecule has 1 rings (SSSR count). The first kappa shape index (κ1) is 10.7. The van der Waals surface area contributed by atoms with Crippen LogP contribution in [0, 0.1) is 6.92 Å². The minimum Gasteiger partial charge on any atom is -0.372 e. The van der Waals surface area contributed by atoms with Crippen molar-refractivity contribution in [2.24, 2.45) is 0 Å². The van der Waals surface area contributed by atoms with Crippen LogP contribution in [0.15, 0.2) is 10.6 Å². The molecule has 14 heavy (non-hydrogen) atoms. The maximum atomic E-state index is 11.5. The standard InChI is InChI=1S/C9H14N2O3/c1-4-7(13-3)9(12)10-8-5-6(2)14-11-8/h5,7H,4H2,1-3H3,(H,10,11,12). The fourth-order valence-corrected chi connectivity index (χ4v) is 1.09. The van der Waals surface area contributed by atoms with Gasteiger partial charge in [0.25, 0.3) is 5.91 Å². The van der Waals surface area contributed by atoms with Crippen LogP contribution in [0.2, 0.25) is 0 Å². The highest BCUT2D eigenvalue weighted by Crippen LogP contribution is 2.08. The first-order chi connectivity index (χ1) is 6.67. The molecule has 1 amide bonds. The Hall–Kier alpha value is -1.36.